The second kappa shape index (κ2) is 6.91. The average Bonchev–Trinajstić information content (AvgIpc) is 2.40. The first kappa shape index (κ1) is 16.0. The fourth-order valence-electron chi connectivity index (χ4n) is 1.79. The van der Waals surface area contributed by atoms with E-state index in [1.807, 2.05) is 31.2 Å². The van der Waals surface area contributed by atoms with Crippen molar-refractivity contribution in [2.45, 2.75) is 32.6 Å². The van der Waals surface area contributed by atoms with E-state index >= 15 is 0 Å². The van der Waals surface area contributed by atoms with Crippen LogP contribution in [0.5, 0.6) is 0 Å². The maximum atomic E-state index is 11.8. The molecule has 4 nitrogen and oxygen atoms in total. The predicted octanol–water partition coefficient (Wildman–Crippen LogP) is 1.79. The smallest absolute Gasteiger partial charge is 0.154 e. The van der Waals surface area contributed by atoms with E-state index in [1.165, 1.54) is 0 Å². The molecule has 19 heavy (non-hydrogen) atoms. The Balaban J connectivity index is 2.73. The summed E-state index contributed by atoms with van der Waals surface area (Å²) in [5.41, 5.74) is 7.68. The lowest BCUT2D eigenvalue weighted by molar-refractivity contribution is 0.586. The van der Waals surface area contributed by atoms with Gasteiger partial charge < -0.3 is 10.6 Å². The fraction of sp³-hybridized carbons (Fsp3) is 0.571. The SMILES string of the molecule is CCN(CCS(=O)(=O)C(C)C)c1ccc(CN)cc1. The van der Waals surface area contributed by atoms with Gasteiger partial charge in [-0.05, 0) is 38.5 Å². The Labute approximate surface area is 116 Å². The van der Waals surface area contributed by atoms with Gasteiger partial charge in [0.1, 0.15) is 0 Å². The first-order valence-electron chi connectivity index (χ1n) is 6.66. The van der Waals surface area contributed by atoms with Crippen LogP contribution in [0.4, 0.5) is 5.69 Å². The molecule has 2 N–H and O–H groups in total. The molecule has 0 saturated heterocycles. The Morgan fingerprint density at radius 2 is 1.79 bits per heavy atom. The van der Waals surface area contributed by atoms with Crippen LogP contribution in [0.25, 0.3) is 0 Å². The van der Waals surface area contributed by atoms with Gasteiger partial charge in [-0.1, -0.05) is 12.1 Å². The molecule has 0 amide bonds. The highest BCUT2D eigenvalue weighted by atomic mass is 32.2. The van der Waals surface area contributed by atoms with Gasteiger partial charge in [-0.25, -0.2) is 8.42 Å². The molecule has 1 aromatic rings. The molecule has 0 radical (unpaired) electrons. The molecule has 5 heteroatoms. The van der Waals surface area contributed by atoms with Crippen LogP contribution in [0.3, 0.4) is 0 Å². The molecule has 0 aliphatic carbocycles. The Morgan fingerprint density at radius 1 is 1.21 bits per heavy atom. The van der Waals surface area contributed by atoms with Gasteiger partial charge in [-0.3, -0.25) is 0 Å². The molecule has 0 aromatic heterocycles. The summed E-state index contributed by atoms with van der Waals surface area (Å²) in [7, 11) is -2.99. The molecule has 0 fully saturated rings. The second-order valence-electron chi connectivity index (χ2n) is 4.87. The molecule has 0 aliphatic rings. The summed E-state index contributed by atoms with van der Waals surface area (Å²) in [5, 5.41) is -0.314. The highest BCUT2D eigenvalue weighted by Gasteiger charge is 2.17. The molecule has 0 bridgehead atoms. The number of hydrogen-bond donors (Lipinski definition) is 1. The molecule has 108 valence electrons. The Morgan fingerprint density at radius 3 is 2.21 bits per heavy atom. The van der Waals surface area contributed by atoms with Crippen molar-refractivity contribution in [3.8, 4) is 0 Å². The Kier molecular flexibility index (Phi) is 5.82. The van der Waals surface area contributed by atoms with Gasteiger partial charge in [-0.15, -0.1) is 0 Å². The third kappa shape index (κ3) is 4.51. The normalized spacial score (nSPS) is 11.8. The van der Waals surface area contributed by atoms with Gasteiger partial charge in [0.2, 0.25) is 0 Å². The van der Waals surface area contributed by atoms with Crippen molar-refractivity contribution < 1.29 is 8.42 Å². The van der Waals surface area contributed by atoms with E-state index < -0.39 is 9.84 Å². The second-order valence-corrected chi connectivity index (χ2v) is 7.54. The zero-order valence-electron chi connectivity index (χ0n) is 12.0. The van der Waals surface area contributed by atoms with Crippen LogP contribution < -0.4 is 10.6 Å². The predicted molar refractivity (Wildman–Crippen MR) is 81.1 cm³/mol. The van der Waals surface area contributed by atoms with Crippen molar-refractivity contribution in [1.82, 2.24) is 0 Å². The van der Waals surface area contributed by atoms with Crippen LogP contribution in [0.15, 0.2) is 24.3 Å². The lowest BCUT2D eigenvalue weighted by atomic mass is 10.2. The highest BCUT2D eigenvalue weighted by Crippen LogP contribution is 2.15. The van der Waals surface area contributed by atoms with Crippen molar-refractivity contribution in [1.29, 1.82) is 0 Å². The standard InChI is InChI=1S/C14H24N2O2S/c1-4-16(9-10-19(17,18)12(2)3)14-7-5-13(11-15)6-8-14/h5-8,12H,4,9-11,15H2,1-3H3. The number of nitrogens with two attached hydrogens (primary N) is 1. The number of nitrogens with zero attached hydrogens (tertiary/aromatic N) is 1. The van der Waals surface area contributed by atoms with Crippen LogP contribution in [-0.4, -0.2) is 32.5 Å². The number of benzene rings is 1. The minimum atomic E-state index is -2.99. The summed E-state index contributed by atoms with van der Waals surface area (Å²) in [6, 6.07) is 7.95. The van der Waals surface area contributed by atoms with Crippen molar-refractivity contribution >= 4 is 15.5 Å². The molecule has 0 aliphatic heterocycles. The molecule has 1 aromatic carbocycles. The van der Waals surface area contributed by atoms with Gasteiger partial charge in [0.05, 0.1) is 11.0 Å². The summed E-state index contributed by atoms with van der Waals surface area (Å²) in [6.45, 7) is 7.31. The summed E-state index contributed by atoms with van der Waals surface area (Å²) in [4.78, 5) is 2.07. The van der Waals surface area contributed by atoms with Gasteiger partial charge in [0.25, 0.3) is 0 Å². The average molecular weight is 284 g/mol. The van der Waals surface area contributed by atoms with E-state index in [4.69, 9.17) is 5.73 Å². The Hall–Kier alpha value is -1.07. The number of rotatable bonds is 7. The van der Waals surface area contributed by atoms with Crippen molar-refractivity contribution in [3.05, 3.63) is 29.8 Å². The summed E-state index contributed by atoms with van der Waals surface area (Å²) < 4.78 is 23.7. The van der Waals surface area contributed by atoms with Crippen molar-refractivity contribution in [2.24, 2.45) is 5.73 Å². The molecule has 0 unspecified atom stereocenters. The van der Waals surface area contributed by atoms with Gasteiger partial charge in [-0.2, -0.15) is 0 Å². The molecular weight excluding hydrogens is 260 g/mol. The third-order valence-corrected chi connectivity index (χ3v) is 5.47. The molecule has 0 heterocycles. The summed E-state index contributed by atoms with van der Waals surface area (Å²) >= 11 is 0. The van der Waals surface area contributed by atoms with E-state index in [0.717, 1.165) is 17.8 Å². The first-order valence-corrected chi connectivity index (χ1v) is 8.37. The largest absolute Gasteiger partial charge is 0.371 e. The van der Waals surface area contributed by atoms with Gasteiger partial charge >= 0.3 is 0 Å². The van der Waals surface area contributed by atoms with Crippen LogP contribution in [0.2, 0.25) is 0 Å². The maximum Gasteiger partial charge on any atom is 0.154 e. The van der Waals surface area contributed by atoms with E-state index in [1.54, 1.807) is 13.8 Å². The van der Waals surface area contributed by atoms with E-state index in [0.29, 0.717) is 13.1 Å². The summed E-state index contributed by atoms with van der Waals surface area (Å²) in [6.07, 6.45) is 0. The minimum absolute atomic E-state index is 0.192. The van der Waals surface area contributed by atoms with E-state index in [-0.39, 0.29) is 11.0 Å². The van der Waals surface area contributed by atoms with E-state index in [9.17, 15) is 8.42 Å². The number of hydrogen-bond acceptors (Lipinski definition) is 4. The van der Waals surface area contributed by atoms with Crippen molar-refractivity contribution in [2.75, 3.05) is 23.7 Å². The lowest BCUT2D eigenvalue weighted by Gasteiger charge is -2.23. The number of sulfone groups is 1. The molecular formula is C14H24N2O2S. The van der Waals surface area contributed by atoms with Crippen LogP contribution in [0, 0.1) is 0 Å². The highest BCUT2D eigenvalue weighted by molar-refractivity contribution is 7.92. The van der Waals surface area contributed by atoms with Crippen molar-refractivity contribution in [3.63, 3.8) is 0 Å². The lowest BCUT2D eigenvalue weighted by Crippen LogP contribution is -2.31. The van der Waals surface area contributed by atoms with Crippen LogP contribution in [-0.2, 0) is 16.4 Å². The number of anilines is 1. The fourth-order valence-corrected chi connectivity index (χ4v) is 2.73. The minimum Gasteiger partial charge on any atom is -0.371 e. The van der Waals surface area contributed by atoms with Crippen LogP contribution in [0.1, 0.15) is 26.3 Å². The summed E-state index contributed by atoms with van der Waals surface area (Å²) in [5.74, 6) is 0.192. The topological polar surface area (TPSA) is 63.4 Å². The third-order valence-electron chi connectivity index (χ3n) is 3.28. The van der Waals surface area contributed by atoms with Crippen LogP contribution >= 0.6 is 0 Å². The van der Waals surface area contributed by atoms with Gasteiger partial charge in [0.15, 0.2) is 9.84 Å². The zero-order chi connectivity index (χ0) is 14.5. The monoisotopic (exact) mass is 284 g/mol. The van der Waals surface area contributed by atoms with Gasteiger partial charge in [0, 0.05) is 25.3 Å². The molecule has 0 saturated carbocycles. The molecule has 0 spiro atoms. The quantitative estimate of drug-likeness (QED) is 0.829. The zero-order valence-corrected chi connectivity index (χ0v) is 12.8. The first-order chi connectivity index (χ1) is 8.90. The maximum absolute atomic E-state index is 11.8. The molecule has 1 rings (SSSR count). The Bertz CT molecular complexity index is 481. The van der Waals surface area contributed by atoms with E-state index in [2.05, 4.69) is 4.90 Å². The molecule has 0 atom stereocenters.